The van der Waals surface area contributed by atoms with Crippen molar-refractivity contribution in [3.8, 4) is 10.4 Å². The van der Waals surface area contributed by atoms with Gasteiger partial charge in [-0.1, -0.05) is 12.1 Å². The molecule has 0 atom stereocenters. The summed E-state index contributed by atoms with van der Waals surface area (Å²) in [5, 5.41) is -0.575. The molecule has 0 radical (unpaired) electrons. The molecule has 0 spiro atoms. The van der Waals surface area contributed by atoms with Crippen LogP contribution in [0.5, 0.6) is 0 Å². The normalized spacial score (nSPS) is 12.0. The van der Waals surface area contributed by atoms with E-state index in [1.807, 2.05) is 0 Å². The first-order valence-electron chi connectivity index (χ1n) is 5.51. The zero-order valence-corrected chi connectivity index (χ0v) is 11.5. The molecule has 2 rings (SSSR count). The van der Waals surface area contributed by atoms with Crippen LogP contribution in [0.3, 0.4) is 0 Å². The molecule has 2 aromatic rings. The van der Waals surface area contributed by atoms with Crippen molar-refractivity contribution < 1.29 is 18.0 Å². The Morgan fingerprint density at radius 1 is 1.10 bits per heavy atom. The zero-order chi connectivity index (χ0) is 14.8. The van der Waals surface area contributed by atoms with E-state index in [1.54, 1.807) is 18.2 Å². The molecule has 1 heterocycles. The molecule has 0 unspecified atom stereocenters. The van der Waals surface area contributed by atoms with Gasteiger partial charge in [0.15, 0.2) is 0 Å². The van der Waals surface area contributed by atoms with Crippen LogP contribution in [0.15, 0.2) is 42.5 Å². The monoisotopic (exact) mass is 316 g/mol. The van der Waals surface area contributed by atoms with Crippen molar-refractivity contribution in [2.24, 2.45) is 0 Å². The highest BCUT2D eigenvalue weighted by atomic mass is 35.5. The van der Waals surface area contributed by atoms with E-state index in [2.05, 4.69) is 0 Å². The molecule has 0 N–H and O–H groups in total. The SMILES string of the molecule is O=C(Cl)/C=C/c1ccc(-c2ccc(C(F)(F)F)cc2)s1. The zero-order valence-electron chi connectivity index (χ0n) is 9.95. The number of hydrogen-bond acceptors (Lipinski definition) is 2. The number of halogens is 4. The molecule has 0 bridgehead atoms. The summed E-state index contributed by atoms with van der Waals surface area (Å²) in [5.74, 6) is 0. The molecule has 1 nitrogen and oxygen atoms in total. The number of rotatable bonds is 3. The lowest BCUT2D eigenvalue weighted by Gasteiger charge is -2.06. The van der Waals surface area contributed by atoms with E-state index >= 15 is 0 Å². The first-order chi connectivity index (χ1) is 9.36. The van der Waals surface area contributed by atoms with Crippen molar-refractivity contribution in [2.45, 2.75) is 6.18 Å². The topological polar surface area (TPSA) is 17.1 Å². The highest BCUT2D eigenvalue weighted by molar-refractivity contribution is 7.16. The highest BCUT2D eigenvalue weighted by Crippen LogP contribution is 2.33. The molecule has 0 amide bonds. The Labute approximate surface area is 122 Å². The molecule has 0 aliphatic heterocycles. The summed E-state index contributed by atoms with van der Waals surface area (Å²) in [6.07, 6.45) is -1.54. The van der Waals surface area contributed by atoms with E-state index in [0.717, 1.165) is 21.9 Å². The Bertz CT molecular complexity index is 641. The predicted molar refractivity (Wildman–Crippen MR) is 74.7 cm³/mol. The van der Waals surface area contributed by atoms with Crippen molar-refractivity contribution in [1.82, 2.24) is 0 Å². The Morgan fingerprint density at radius 2 is 1.75 bits per heavy atom. The van der Waals surface area contributed by atoms with Gasteiger partial charge in [0.25, 0.3) is 0 Å². The smallest absolute Gasteiger partial charge is 0.276 e. The van der Waals surface area contributed by atoms with Gasteiger partial charge in [0, 0.05) is 9.75 Å². The Balaban J connectivity index is 2.22. The molecule has 20 heavy (non-hydrogen) atoms. The van der Waals surface area contributed by atoms with Crippen molar-refractivity contribution in [1.29, 1.82) is 0 Å². The molecule has 104 valence electrons. The fourth-order valence-corrected chi connectivity index (χ4v) is 2.55. The minimum absolute atomic E-state index is 0.575. The molecule has 1 aromatic carbocycles. The first-order valence-corrected chi connectivity index (χ1v) is 6.71. The van der Waals surface area contributed by atoms with E-state index in [4.69, 9.17) is 11.6 Å². The molecule has 0 saturated heterocycles. The Hall–Kier alpha value is -1.59. The van der Waals surface area contributed by atoms with Gasteiger partial charge >= 0.3 is 6.18 Å². The number of carbonyl (C=O) groups is 1. The summed E-state index contributed by atoms with van der Waals surface area (Å²) in [7, 11) is 0. The van der Waals surface area contributed by atoms with Crippen LogP contribution in [0, 0.1) is 0 Å². The number of alkyl halides is 3. The van der Waals surface area contributed by atoms with Crippen LogP contribution in [0.25, 0.3) is 16.5 Å². The number of carbonyl (C=O) groups excluding carboxylic acids is 1. The molecule has 6 heteroatoms. The van der Waals surface area contributed by atoms with Crippen molar-refractivity contribution in [3.63, 3.8) is 0 Å². The third kappa shape index (κ3) is 3.71. The number of hydrogen-bond donors (Lipinski definition) is 0. The second kappa shape index (κ2) is 5.81. The number of thiophene rings is 1. The second-order valence-electron chi connectivity index (χ2n) is 3.91. The molecular formula is C14H8ClF3OS. The number of benzene rings is 1. The standard InChI is InChI=1S/C14H8ClF3OS/c15-13(19)8-6-11-5-7-12(20-11)9-1-3-10(4-2-9)14(16,17)18/h1-8H/b8-6+. The summed E-state index contributed by atoms with van der Waals surface area (Å²) in [4.78, 5) is 12.2. The predicted octanol–water partition coefficient (Wildman–Crippen LogP) is 5.21. The van der Waals surface area contributed by atoms with Gasteiger partial charge in [-0.25, -0.2) is 0 Å². The quantitative estimate of drug-likeness (QED) is 0.561. The van der Waals surface area contributed by atoms with Crippen LogP contribution in [-0.2, 0) is 11.0 Å². The van der Waals surface area contributed by atoms with E-state index < -0.39 is 17.0 Å². The molecule has 0 aliphatic carbocycles. The first kappa shape index (κ1) is 14.8. The fraction of sp³-hybridized carbons (Fsp3) is 0.0714. The van der Waals surface area contributed by atoms with E-state index in [9.17, 15) is 18.0 Å². The minimum atomic E-state index is -4.33. The summed E-state index contributed by atoms with van der Waals surface area (Å²) < 4.78 is 37.4. The summed E-state index contributed by atoms with van der Waals surface area (Å²) >= 11 is 6.55. The van der Waals surface area contributed by atoms with Gasteiger partial charge in [0.2, 0.25) is 5.24 Å². The van der Waals surface area contributed by atoms with Crippen LogP contribution in [0.2, 0.25) is 0 Å². The summed E-state index contributed by atoms with van der Waals surface area (Å²) in [6.45, 7) is 0. The van der Waals surface area contributed by atoms with Crippen LogP contribution >= 0.6 is 22.9 Å². The Kier molecular flexibility index (Phi) is 4.30. The molecule has 0 aliphatic rings. The van der Waals surface area contributed by atoms with Crippen molar-refractivity contribution >= 4 is 34.3 Å². The lowest BCUT2D eigenvalue weighted by Crippen LogP contribution is -2.03. The second-order valence-corrected chi connectivity index (χ2v) is 5.40. The maximum atomic E-state index is 12.5. The third-order valence-electron chi connectivity index (χ3n) is 2.50. The van der Waals surface area contributed by atoms with Gasteiger partial charge in [-0.3, -0.25) is 4.79 Å². The van der Waals surface area contributed by atoms with Crippen molar-refractivity contribution in [2.75, 3.05) is 0 Å². The lowest BCUT2D eigenvalue weighted by molar-refractivity contribution is -0.137. The maximum Gasteiger partial charge on any atom is 0.416 e. The van der Waals surface area contributed by atoms with Crippen LogP contribution in [0.4, 0.5) is 13.2 Å². The highest BCUT2D eigenvalue weighted by Gasteiger charge is 2.29. The lowest BCUT2D eigenvalue weighted by atomic mass is 10.1. The molecule has 0 fully saturated rings. The van der Waals surface area contributed by atoms with E-state index in [1.165, 1.54) is 29.5 Å². The van der Waals surface area contributed by atoms with Crippen molar-refractivity contribution in [3.05, 3.63) is 52.9 Å². The summed E-state index contributed by atoms with van der Waals surface area (Å²) in [6, 6.07) is 8.50. The average Bonchev–Trinajstić information content (AvgIpc) is 2.84. The molecule has 1 aromatic heterocycles. The third-order valence-corrected chi connectivity index (χ3v) is 3.73. The van der Waals surface area contributed by atoms with Crippen LogP contribution < -0.4 is 0 Å². The van der Waals surface area contributed by atoms with Gasteiger partial charge < -0.3 is 0 Å². The van der Waals surface area contributed by atoms with Gasteiger partial charge in [0.05, 0.1) is 5.56 Å². The minimum Gasteiger partial charge on any atom is -0.276 e. The summed E-state index contributed by atoms with van der Waals surface area (Å²) in [5.41, 5.74) is 0.0190. The Morgan fingerprint density at radius 3 is 2.30 bits per heavy atom. The van der Waals surface area contributed by atoms with Gasteiger partial charge in [0.1, 0.15) is 0 Å². The van der Waals surface area contributed by atoms with Crippen LogP contribution in [0.1, 0.15) is 10.4 Å². The fourth-order valence-electron chi connectivity index (χ4n) is 1.57. The number of allylic oxidation sites excluding steroid dienone is 1. The van der Waals surface area contributed by atoms with E-state index in [-0.39, 0.29) is 0 Å². The molecular weight excluding hydrogens is 309 g/mol. The van der Waals surface area contributed by atoms with Gasteiger partial charge in [-0.2, -0.15) is 13.2 Å². The molecule has 0 saturated carbocycles. The maximum absolute atomic E-state index is 12.5. The van der Waals surface area contributed by atoms with E-state index in [0.29, 0.717) is 5.56 Å². The van der Waals surface area contributed by atoms with Gasteiger partial charge in [-0.15, -0.1) is 11.3 Å². The van der Waals surface area contributed by atoms with Crippen LogP contribution in [-0.4, -0.2) is 5.24 Å². The largest absolute Gasteiger partial charge is 0.416 e. The average molecular weight is 317 g/mol. The van der Waals surface area contributed by atoms with Gasteiger partial charge in [-0.05, 0) is 53.6 Å².